The lowest BCUT2D eigenvalue weighted by Gasteiger charge is -2.15. The molecule has 0 amide bonds. The van der Waals surface area contributed by atoms with E-state index >= 15 is 0 Å². The third-order valence-corrected chi connectivity index (χ3v) is 2.82. The van der Waals surface area contributed by atoms with Crippen LogP contribution in [0.2, 0.25) is 0 Å². The van der Waals surface area contributed by atoms with Crippen molar-refractivity contribution in [1.82, 2.24) is 19.3 Å². The molecular weight excluding hydrogens is 242 g/mol. The van der Waals surface area contributed by atoms with Crippen molar-refractivity contribution in [1.29, 1.82) is 0 Å². The number of hydrogen-bond donors (Lipinski definition) is 1. The Morgan fingerprint density at radius 3 is 2.95 bits per heavy atom. The molecule has 6 heteroatoms. The molecule has 1 unspecified atom stereocenters. The van der Waals surface area contributed by atoms with Gasteiger partial charge < -0.3 is 14.6 Å². The van der Waals surface area contributed by atoms with E-state index in [0.717, 1.165) is 24.7 Å². The molecule has 0 saturated heterocycles. The third kappa shape index (κ3) is 3.82. The van der Waals surface area contributed by atoms with Gasteiger partial charge in [-0.3, -0.25) is 4.68 Å². The second kappa shape index (κ2) is 6.38. The minimum atomic E-state index is 0.232. The molecule has 0 aromatic carbocycles. The van der Waals surface area contributed by atoms with Crippen LogP contribution in [0.3, 0.4) is 0 Å². The Labute approximate surface area is 113 Å². The number of ether oxygens (including phenoxy) is 1. The van der Waals surface area contributed by atoms with Gasteiger partial charge in [-0.15, -0.1) is 0 Å². The number of hydrogen-bond acceptors (Lipinski definition) is 4. The van der Waals surface area contributed by atoms with Crippen LogP contribution in [0.4, 0.5) is 5.95 Å². The molecule has 0 spiro atoms. The molecule has 1 atom stereocenters. The van der Waals surface area contributed by atoms with Gasteiger partial charge in [-0.25, -0.2) is 4.98 Å². The zero-order valence-corrected chi connectivity index (χ0v) is 11.7. The van der Waals surface area contributed by atoms with Gasteiger partial charge in [0.1, 0.15) is 0 Å². The number of imidazole rings is 1. The molecular formula is C13H21N5O. The fourth-order valence-corrected chi connectivity index (χ4v) is 1.99. The lowest BCUT2D eigenvalue weighted by Crippen LogP contribution is -2.23. The van der Waals surface area contributed by atoms with E-state index in [1.165, 1.54) is 0 Å². The van der Waals surface area contributed by atoms with Crippen molar-refractivity contribution in [2.45, 2.75) is 33.0 Å². The predicted octanol–water partition coefficient (Wildman–Crippen LogP) is 1.54. The number of nitrogens with one attached hydrogen (secondary N) is 1. The number of aromatic nitrogens is 4. The number of nitrogens with zero attached hydrogens (tertiary/aromatic N) is 4. The Hall–Kier alpha value is -1.82. The highest BCUT2D eigenvalue weighted by Crippen LogP contribution is 2.10. The number of aryl methyl sites for hydroxylation is 3. The monoisotopic (exact) mass is 263 g/mol. The first-order valence-electron chi connectivity index (χ1n) is 6.45. The number of rotatable bonds is 7. The minimum absolute atomic E-state index is 0.232. The summed E-state index contributed by atoms with van der Waals surface area (Å²) in [6, 6.07) is 2.16. The molecule has 0 fully saturated rings. The summed E-state index contributed by atoms with van der Waals surface area (Å²) in [4.78, 5) is 4.50. The lowest BCUT2D eigenvalue weighted by molar-refractivity contribution is 0.190. The van der Waals surface area contributed by atoms with Gasteiger partial charge in [-0.2, -0.15) is 5.10 Å². The zero-order chi connectivity index (χ0) is 13.7. The van der Waals surface area contributed by atoms with Gasteiger partial charge in [0, 0.05) is 38.3 Å². The summed E-state index contributed by atoms with van der Waals surface area (Å²) in [5.41, 5.74) is 1.01. The zero-order valence-electron chi connectivity index (χ0n) is 11.7. The maximum Gasteiger partial charge on any atom is 0.203 e. The van der Waals surface area contributed by atoms with Gasteiger partial charge >= 0.3 is 0 Å². The number of methoxy groups -OCH3 is 1. The van der Waals surface area contributed by atoms with Gasteiger partial charge in [0.05, 0.1) is 18.8 Å². The molecule has 2 rings (SSSR count). The summed E-state index contributed by atoms with van der Waals surface area (Å²) in [5, 5.41) is 7.56. The highest BCUT2D eigenvalue weighted by Gasteiger charge is 2.09. The molecule has 0 aliphatic heterocycles. The lowest BCUT2D eigenvalue weighted by atomic mass is 10.4. The van der Waals surface area contributed by atoms with Crippen molar-refractivity contribution in [2.75, 3.05) is 19.0 Å². The summed E-state index contributed by atoms with van der Waals surface area (Å²) in [5.74, 6) is 0.884. The first-order valence-corrected chi connectivity index (χ1v) is 6.45. The molecule has 1 N–H and O–H groups in total. The van der Waals surface area contributed by atoms with E-state index in [-0.39, 0.29) is 6.04 Å². The van der Waals surface area contributed by atoms with E-state index in [1.54, 1.807) is 13.3 Å². The van der Waals surface area contributed by atoms with Crippen LogP contribution in [0.25, 0.3) is 0 Å². The van der Waals surface area contributed by atoms with Gasteiger partial charge in [0.2, 0.25) is 5.95 Å². The Balaban J connectivity index is 1.99. The summed E-state index contributed by atoms with van der Waals surface area (Å²) in [6.07, 6.45) is 5.80. The molecule has 2 aromatic rings. The summed E-state index contributed by atoms with van der Waals surface area (Å²) in [6.45, 7) is 6.40. The van der Waals surface area contributed by atoms with E-state index in [0.29, 0.717) is 6.61 Å². The Morgan fingerprint density at radius 2 is 2.26 bits per heavy atom. The van der Waals surface area contributed by atoms with Crippen LogP contribution in [-0.2, 0) is 17.8 Å². The Kier molecular flexibility index (Phi) is 4.57. The fourth-order valence-electron chi connectivity index (χ4n) is 1.99. The van der Waals surface area contributed by atoms with Gasteiger partial charge in [0.15, 0.2) is 0 Å². The third-order valence-electron chi connectivity index (χ3n) is 2.82. The second-order valence-corrected chi connectivity index (χ2v) is 4.67. The summed E-state index contributed by atoms with van der Waals surface area (Å²) < 4.78 is 9.16. The van der Waals surface area contributed by atoms with Gasteiger partial charge in [0.25, 0.3) is 0 Å². The van der Waals surface area contributed by atoms with E-state index < -0.39 is 0 Å². The smallest absolute Gasteiger partial charge is 0.203 e. The maximum absolute atomic E-state index is 5.13. The average molecular weight is 263 g/mol. The topological polar surface area (TPSA) is 56.9 Å². The first-order chi connectivity index (χ1) is 9.19. The van der Waals surface area contributed by atoms with Crippen molar-refractivity contribution in [3.05, 3.63) is 30.4 Å². The molecule has 0 radical (unpaired) electrons. The second-order valence-electron chi connectivity index (χ2n) is 4.67. The Morgan fingerprint density at radius 1 is 1.42 bits per heavy atom. The van der Waals surface area contributed by atoms with Crippen molar-refractivity contribution in [3.63, 3.8) is 0 Å². The molecule has 2 heterocycles. The van der Waals surface area contributed by atoms with Crippen LogP contribution >= 0.6 is 0 Å². The SMILES string of the molecule is COCC(C)Nc1nc(C)cn1CCn1cccn1. The molecule has 6 nitrogen and oxygen atoms in total. The molecule has 0 bridgehead atoms. The van der Waals surface area contributed by atoms with Crippen molar-refractivity contribution >= 4 is 5.95 Å². The van der Waals surface area contributed by atoms with E-state index in [4.69, 9.17) is 4.74 Å². The largest absolute Gasteiger partial charge is 0.383 e. The van der Waals surface area contributed by atoms with Crippen molar-refractivity contribution < 1.29 is 4.74 Å². The van der Waals surface area contributed by atoms with Gasteiger partial charge in [-0.1, -0.05) is 0 Å². The van der Waals surface area contributed by atoms with E-state index in [9.17, 15) is 0 Å². The van der Waals surface area contributed by atoms with Crippen LogP contribution < -0.4 is 5.32 Å². The van der Waals surface area contributed by atoms with Crippen LogP contribution in [0.15, 0.2) is 24.7 Å². The van der Waals surface area contributed by atoms with Gasteiger partial charge in [-0.05, 0) is 19.9 Å². The number of anilines is 1. The molecule has 0 aliphatic carbocycles. The Bertz CT molecular complexity index is 491. The van der Waals surface area contributed by atoms with Crippen molar-refractivity contribution in [3.8, 4) is 0 Å². The van der Waals surface area contributed by atoms with Crippen molar-refractivity contribution in [2.24, 2.45) is 0 Å². The van der Waals surface area contributed by atoms with Crippen LogP contribution in [0.1, 0.15) is 12.6 Å². The first kappa shape index (κ1) is 13.6. The predicted molar refractivity (Wildman–Crippen MR) is 74.2 cm³/mol. The summed E-state index contributed by atoms with van der Waals surface area (Å²) >= 11 is 0. The molecule has 0 saturated carbocycles. The highest BCUT2D eigenvalue weighted by atomic mass is 16.5. The molecule has 2 aromatic heterocycles. The van der Waals surface area contributed by atoms with E-state index in [2.05, 4.69) is 26.9 Å². The standard InChI is InChI=1S/C13H21N5O/c1-11-9-17(7-8-18-6-4-5-14-18)13(15-11)16-12(2)10-19-3/h4-6,9,12H,7-8,10H2,1-3H3,(H,15,16). The normalized spacial score (nSPS) is 12.6. The molecule has 104 valence electrons. The average Bonchev–Trinajstić information content (AvgIpc) is 2.97. The quantitative estimate of drug-likeness (QED) is 0.823. The van der Waals surface area contributed by atoms with E-state index in [1.807, 2.05) is 30.1 Å². The minimum Gasteiger partial charge on any atom is -0.383 e. The fraction of sp³-hybridized carbons (Fsp3) is 0.538. The maximum atomic E-state index is 5.13. The highest BCUT2D eigenvalue weighted by molar-refractivity contribution is 5.30. The van der Waals surface area contributed by atoms with Crippen LogP contribution in [-0.4, -0.2) is 39.1 Å². The summed E-state index contributed by atoms with van der Waals surface area (Å²) in [7, 11) is 1.70. The van der Waals surface area contributed by atoms with Crippen LogP contribution in [0, 0.1) is 6.92 Å². The molecule has 0 aliphatic rings. The van der Waals surface area contributed by atoms with Crippen LogP contribution in [0.5, 0.6) is 0 Å². The molecule has 19 heavy (non-hydrogen) atoms.